The van der Waals surface area contributed by atoms with Crippen molar-refractivity contribution in [2.75, 3.05) is 63.9 Å². The first kappa shape index (κ1) is 25.3. The fourth-order valence-electron chi connectivity index (χ4n) is 3.47. The van der Waals surface area contributed by atoms with Crippen molar-refractivity contribution < 1.29 is 28.5 Å². The second-order valence-electron chi connectivity index (χ2n) is 7.59. The van der Waals surface area contributed by atoms with Gasteiger partial charge >= 0.3 is 0 Å². The minimum atomic E-state index is -0.545. The van der Waals surface area contributed by atoms with E-state index in [0.717, 1.165) is 0 Å². The molecule has 0 radical (unpaired) electrons. The van der Waals surface area contributed by atoms with Gasteiger partial charge in [0.25, 0.3) is 11.5 Å². The van der Waals surface area contributed by atoms with E-state index in [-0.39, 0.29) is 54.0 Å². The first-order valence-electron chi connectivity index (χ1n) is 11.5. The van der Waals surface area contributed by atoms with E-state index in [0.29, 0.717) is 50.8 Å². The van der Waals surface area contributed by atoms with Gasteiger partial charge in [0.05, 0.1) is 50.6 Å². The van der Waals surface area contributed by atoms with Crippen molar-refractivity contribution in [3.63, 3.8) is 0 Å². The molecule has 0 saturated carbocycles. The maximum absolute atomic E-state index is 13.3. The highest BCUT2D eigenvalue weighted by Crippen LogP contribution is 2.34. The number of rotatable bonds is 3. The molecule has 1 aliphatic heterocycles. The second kappa shape index (κ2) is 12.2. The lowest BCUT2D eigenvalue weighted by Crippen LogP contribution is -2.27. The number of hydrogen-bond donors (Lipinski definition) is 2. The van der Waals surface area contributed by atoms with E-state index in [1.807, 2.05) is 0 Å². The SMILES string of the molecule is CCn1c(NC(=O)c2cnc(N)nc2)nc2c3c(ccc2c1=O)OCCOCCOCCOCCO3. The Balaban J connectivity index is 1.70. The third-order valence-electron chi connectivity index (χ3n) is 5.22. The summed E-state index contributed by atoms with van der Waals surface area (Å²) < 4.78 is 29.7. The fourth-order valence-corrected chi connectivity index (χ4v) is 3.47. The summed E-state index contributed by atoms with van der Waals surface area (Å²) in [6, 6.07) is 3.28. The minimum Gasteiger partial charge on any atom is -0.487 e. The zero-order valence-corrected chi connectivity index (χ0v) is 19.9. The Labute approximate surface area is 206 Å². The molecule has 3 aromatic rings. The van der Waals surface area contributed by atoms with Crippen molar-refractivity contribution in [2.45, 2.75) is 13.5 Å². The number of ether oxygens (including phenoxy) is 5. The van der Waals surface area contributed by atoms with Gasteiger partial charge in [0.15, 0.2) is 11.5 Å². The van der Waals surface area contributed by atoms with E-state index in [2.05, 4.69) is 20.3 Å². The molecule has 13 nitrogen and oxygen atoms in total. The molecule has 3 N–H and O–H groups in total. The lowest BCUT2D eigenvalue weighted by atomic mass is 10.2. The average molecular weight is 501 g/mol. The van der Waals surface area contributed by atoms with Gasteiger partial charge in [0.1, 0.15) is 18.7 Å². The summed E-state index contributed by atoms with van der Waals surface area (Å²) in [5, 5.41) is 2.98. The summed E-state index contributed by atoms with van der Waals surface area (Å²) in [5.74, 6) is 0.202. The number of carbonyl (C=O) groups is 1. The standard InChI is InChI=1S/C23H28N6O7/c1-2-29-21(31)16-3-4-17-19(36-12-10-34-8-6-32-5-7-33-9-11-35-17)18(16)27-23(29)28-20(30)15-13-25-22(24)26-14-15/h3-4,13-14H,2,5-12H2,1H3,(H2,24,25,26)(H,27,28,30). The molecule has 3 heterocycles. The van der Waals surface area contributed by atoms with E-state index in [9.17, 15) is 9.59 Å². The van der Waals surface area contributed by atoms with Gasteiger partial charge in [-0.05, 0) is 19.1 Å². The predicted molar refractivity (Wildman–Crippen MR) is 130 cm³/mol. The monoisotopic (exact) mass is 500 g/mol. The van der Waals surface area contributed by atoms with Gasteiger partial charge in [0, 0.05) is 18.9 Å². The molecule has 0 spiro atoms. The van der Waals surface area contributed by atoms with Crippen molar-refractivity contribution in [2.24, 2.45) is 0 Å². The Morgan fingerprint density at radius 2 is 1.58 bits per heavy atom. The Kier molecular flexibility index (Phi) is 8.60. The van der Waals surface area contributed by atoms with Crippen molar-refractivity contribution in [1.29, 1.82) is 0 Å². The molecule has 1 aromatic carbocycles. The number of fused-ring (bicyclic) bond motifs is 3. The number of nitrogens with zero attached hydrogens (tertiary/aromatic N) is 4. The number of nitrogens with one attached hydrogen (secondary N) is 1. The molecule has 0 aliphatic carbocycles. The maximum Gasteiger partial charge on any atom is 0.262 e. The average Bonchev–Trinajstić information content (AvgIpc) is 2.88. The molecule has 0 fully saturated rings. The molecule has 0 unspecified atom stereocenters. The normalized spacial score (nSPS) is 15.6. The Morgan fingerprint density at radius 3 is 2.22 bits per heavy atom. The van der Waals surface area contributed by atoms with Crippen LogP contribution in [0.15, 0.2) is 29.3 Å². The van der Waals surface area contributed by atoms with Gasteiger partial charge in [-0.1, -0.05) is 0 Å². The van der Waals surface area contributed by atoms with Crippen LogP contribution in [-0.4, -0.2) is 78.3 Å². The van der Waals surface area contributed by atoms with Crippen LogP contribution in [0.1, 0.15) is 17.3 Å². The van der Waals surface area contributed by atoms with Crippen LogP contribution in [0.3, 0.4) is 0 Å². The van der Waals surface area contributed by atoms with Gasteiger partial charge in [-0.2, -0.15) is 0 Å². The molecule has 0 atom stereocenters. The van der Waals surface area contributed by atoms with Crippen LogP contribution in [0.25, 0.3) is 10.9 Å². The lowest BCUT2D eigenvalue weighted by molar-refractivity contribution is 0.00710. The zero-order valence-electron chi connectivity index (χ0n) is 19.9. The molecular weight excluding hydrogens is 472 g/mol. The molecule has 1 aliphatic rings. The molecule has 36 heavy (non-hydrogen) atoms. The van der Waals surface area contributed by atoms with E-state index in [1.54, 1.807) is 19.1 Å². The van der Waals surface area contributed by atoms with Crippen LogP contribution >= 0.6 is 0 Å². The molecule has 2 aromatic heterocycles. The summed E-state index contributed by atoms with van der Waals surface area (Å²) in [6.45, 7) is 4.88. The van der Waals surface area contributed by atoms with Crippen LogP contribution in [0.2, 0.25) is 0 Å². The highest BCUT2D eigenvalue weighted by Gasteiger charge is 2.20. The summed E-state index contributed by atoms with van der Waals surface area (Å²) in [5.41, 5.74) is 5.57. The van der Waals surface area contributed by atoms with Crippen LogP contribution < -0.4 is 26.1 Å². The van der Waals surface area contributed by atoms with Crippen LogP contribution in [0.5, 0.6) is 11.5 Å². The maximum atomic E-state index is 13.3. The lowest BCUT2D eigenvalue weighted by Gasteiger charge is -2.17. The van der Waals surface area contributed by atoms with Gasteiger partial charge in [0.2, 0.25) is 11.9 Å². The molecule has 1 amide bonds. The summed E-state index contributed by atoms with van der Waals surface area (Å²) in [7, 11) is 0. The van der Waals surface area contributed by atoms with Crippen LogP contribution in [0.4, 0.5) is 11.9 Å². The van der Waals surface area contributed by atoms with Gasteiger partial charge in [-0.3, -0.25) is 19.5 Å². The number of aromatic nitrogens is 4. The number of anilines is 2. The number of hydrogen-bond acceptors (Lipinski definition) is 11. The number of benzene rings is 1. The highest BCUT2D eigenvalue weighted by molar-refractivity contribution is 6.03. The van der Waals surface area contributed by atoms with Gasteiger partial charge in [-0.15, -0.1) is 0 Å². The van der Waals surface area contributed by atoms with Gasteiger partial charge < -0.3 is 29.4 Å². The zero-order chi connectivity index (χ0) is 25.3. The Bertz CT molecular complexity index is 1250. The Hall–Kier alpha value is -3.81. The van der Waals surface area contributed by atoms with Crippen LogP contribution in [0, 0.1) is 0 Å². The second-order valence-corrected chi connectivity index (χ2v) is 7.59. The molecule has 13 heteroatoms. The summed E-state index contributed by atoms with van der Waals surface area (Å²) in [6.07, 6.45) is 2.58. The predicted octanol–water partition coefficient (Wildman–Crippen LogP) is 0.862. The first-order valence-corrected chi connectivity index (χ1v) is 11.5. The van der Waals surface area contributed by atoms with Crippen molar-refractivity contribution in [1.82, 2.24) is 19.5 Å². The topological polar surface area (TPSA) is 162 Å². The molecule has 192 valence electrons. The van der Waals surface area contributed by atoms with Crippen molar-refractivity contribution in [3.05, 3.63) is 40.4 Å². The third-order valence-corrected chi connectivity index (χ3v) is 5.22. The molecule has 0 saturated heterocycles. The molecule has 4 rings (SSSR count). The van der Waals surface area contributed by atoms with Crippen molar-refractivity contribution in [3.8, 4) is 11.5 Å². The Morgan fingerprint density at radius 1 is 0.972 bits per heavy atom. The molecule has 0 bridgehead atoms. The minimum absolute atomic E-state index is 0.0404. The van der Waals surface area contributed by atoms with E-state index in [1.165, 1.54) is 17.0 Å². The van der Waals surface area contributed by atoms with E-state index < -0.39 is 5.91 Å². The first-order chi connectivity index (χ1) is 17.6. The summed E-state index contributed by atoms with van der Waals surface area (Å²) >= 11 is 0. The van der Waals surface area contributed by atoms with E-state index >= 15 is 0 Å². The number of nitrogens with two attached hydrogens (primary N) is 1. The quantitative estimate of drug-likeness (QED) is 0.524. The smallest absolute Gasteiger partial charge is 0.262 e. The number of carbonyl (C=O) groups excluding carboxylic acids is 1. The fraction of sp³-hybridized carbons (Fsp3) is 0.435. The summed E-state index contributed by atoms with van der Waals surface area (Å²) in [4.78, 5) is 38.3. The van der Waals surface area contributed by atoms with Crippen LogP contribution in [-0.2, 0) is 20.8 Å². The third kappa shape index (κ3) is 6.05. The highest BCUT2D eigenvalue weighted by atomic mass is 16.6. The number of nitrogen functional groups attached to an aromatic ring is 1. The van der Waals surface area contributed by atoms with Gasteiger partial charge in [-0.25, -0.2) is 15.0 Å². The van der Waals surface area contributed by atoms with Crippen molar-refractivity contribution >= 4 is 28.7 Å². The van der Waals surface area contributed by atoms with E-state index in [4.69, 9.17) is 29.4 Å². The number of amides is 1. The largest absolute Gasteiger partial charge is 0.487 e. The molecular formula is C23H28N6O7.